The number of nitrogens with zero attached hydrogens (tertiary/aromatic N) is 3. The van der Waals surface area contributed by atoms with Crippen molar-refractivity contribution in [2.75, 3.05) is 5.32 Å². The molecule has 0 radical (unpaired) electrons. The van der Waals surface area contributed by atoms with E-state index < -0.39 is 18.0 Å². The molecule has 0 saturated heterocycles. The summed E-state index contributed by atoms with van der Waals surface area (Å²) in [6, 6.07) is 6.90. The van der Waals surface area contributed by atoms with Gasteiger partial charge in [0, 0.05) is 39.0 Å². The molecule has 0 aliphatic carbocycles. The smallest absolute Gasteiger partial charge is 0.331 e. The highest BCUT2D eigenvalue weighted by atomic mass is 35.5. The van der Waals surface area contributed by atoms with Crippen LogP contribution in [0.25, 0.3) is 6.08 Å². The summed E-state index contributed by atoms with van der Waals surface area (Å²) in [6.45, 7) is 7.57. The van der Waals surface area contributed by atoms with E-state index in [-0.39, 0.29) is 5.82 Å². The van der Waals surface area contributed by atoms with Crippen molar-refractivity contribution in [3.63, 3.8) is 0 Å². The predicted molar refractivity (Wildman–Crippen MR) is 126 cm³/mol. The lowest BCUT2D eigenvalue weighted by atomic mass is 10.1. The van der Waals surface area contributed by atoms with Gasteiger partial charge in [-0.2, -0.15) is 5.10 Å². The first kappa shape index (κ1) is 24.5. The summed E-state index contributed by atoms with van der Waals surface area (Å²) in [4.78, 5) is 24.7. The molecule has 33 heavy (non-hydrogen) atoms. The standard InChI is InChI=1S/C23H24Cl2N4O4/c1-5-20(23(31)26-21-11-13(2)33-28-21)32-22(30)10-9-16-14(3)27-29(15(16)4)12-17-18(24)7-6-8-19(17)25/h6-11,20H,5,12H2,1-4H3,(H,26,28,31)/b10-9+. The lowest BCUT2D eigenvalue weighted by molar-refractivity contribution is -0.149. The highest BCUT2D eigenvalue weighted by Gasteiger charge is 2.21. The van der Waals surface area contributed by atoms with Crippen molar-refractivity contribution >= 4 is 47.0 Å². The fourth-order valence-corrected chi connectivity index (χ4v) is 3.74. The number of hydrogen-bond acceptors (Lipinski definition) is 6. The Balaban J connectivity index is 1.68. The van der Waals surface area contributed by atoms with Gasteiger partial charge in [0.15, 0.2) is 11.9 Å². The number of esters is 1. The lowest BCUT2D eigenvalue weighted by Gasteiger charge is -2.13. The van der Waals surface area contributed by atoms with Crippen LogP contribution in [0.15, 0.2) is 34.9 Å². The van der Waals surface area contributed by atoms with Gasteiger partial charge in [-0.3, -0.25) is 9.48 Å². The number of amides is 1. The number of ether oxygens (including phenoxy) is 1. The number of nitrogens with one attached hydrogen (secondary N) is 1. The van der Waals surface area contributed by atoms with Crippen molar-refractivity contribution in [3.8, 4) is 0 Å². The average molecular weight is 491 g/mol. The molecule has 10 heteroatoms. The molecule has 1 unspecified atom stereocenters. The molecule has 3 rings (SSSR count). The molecule has 3 aromatic rings. The first-order valence-electron chi connectivity index (χ1n) is 10.3. The van der Waals surface area contributed by atoms with E-state index in [2.05, 4.69) is 15.6 Å². The van der Waals surface area contributed by atoms with Gasteiger partial charge in [0.05, 0.1) is 12.2 Å². The molecule has 8 nitrogen and oxygen atoms in total. The molecular weight excluding hydrogens is 467 g/mol. The fourth-order valence-electron chi connectivity index (χ4n) is 3.22. The van der Waals surface area contributed by atoms with Gasteiger partial charge >= 0.3 is 5.97 Å². The minimum Gasteiger partial charge on any atom is -0.449 e. The van der Waals surface area contributed by atoms with E-state index in [1.54, 1.807) is 48.9 Å². The van der Waals surface area contributed by atoms with E-state index in [1.165, 1.54) is 6.08 Å². The second kappa shape index (κ2) is 10.7. The minimum absolute atomic E-state index is 0.264. The summed E-state index contributed by atoms with van der Waals surface area (Å²) >= 11 is 12.6. The van der Waals surface area contributed by atoms with Crippen LogP contribution in [-0.4, -0.2) is 32.9 Å². The normalized spacial score (nSPS) is 12.2. The Bertz CT molecular complexity index is 1180. The van der Waals surface area contributed by atoms with Crippen molar-refractivity contribution in [2.24, 2.45) is 0 Å². The maximum absolute atomic E-state index is 12.4. The Labute approximate surface area is 201 Å². The number of aromatic nitrogens is 3. The highest BCUT2D eigenvalue weighted by Crippen LogP contribution is 2.26. The van der Waals surface area contributed by atoms with Gasteiger partial charge in [0.2, 0.25) is 0 Å². The zero-order chi connectivity index (χ0) is 24.1. The first-order chi connectivity index (χ1) is 15.7. The van der Waals surface area contributed by atoms with Crippen LogP contribution in [0.5, 0.6) is 0 Å². The molecule has 0 saturated carbocycles. The predicted octanol–water partition coefficient (Wildman–Crippen LogP) is 5.13. The Hall–Kier alpha value is -3.10. The van der Waals surface area contributed by atoms with E-state index in [0.29, 0.717) is 28.8 Å². The second-order valence-electron chi connectivity index (χ2n) is 7.42. The van der Waals surface area contributed by atoms with Gasteiger partial charge in [0.25, 0.3) is 5.91 Å². The molecule has 174 valence electrons. The summed E-state index contributed by atoms with van der Waals surface area (Å²) in [5.74, 6) is -0.306. The number of carbonyl (C=O) groups is 2. The van der Waals surface area contributed by atoms with E-state index >= 15 is 0 Å². The Kier molecular flexibility index (Phi) is 7.94. The van der Waals surface area contributed by atoms with Crippen LogP contribution in [-0.2, 0) is 20.9 Å². The van der Waals surface area contributed by atoms with Crippen LogP contribution in [0.3, 0.4) is 0 Å². The monoisotopic (exact) mass is 490 g/mol. The molecule has 1 aromatic carbocycles. The molecule has 1 amide bonds. The molecule has 0 aliphatic heterocycles. The maximum Gasteiger partial charge on any atom is 0.331 e. The van der Waals surface area contributed by atoms with Crippen molar-refractivity contribution in [1.82, 2.24) is 14.9 Å². The van der Waals surface area contributed by atoms with E-state index in [4.69, 9.17) is 32.5 Å². The number of aryl methyl sites for hydroxylation is 2. The maximum atomic E-state index is 12.4. The molecule has 1 N–H and O–H groups in total. The summed E-state index contributed by atoms with van der Waals surface area (Å²) < 4.78 is 12.0. The lowest BCUT2D eigenvalue weighted by Crippen LogP contribution is -2.31. The summed E-state index contributed by atoms with van der Waals surface area (Å²) in [5.41, 5.74) is 3.09. The Morgan fingerprint density at radius 2 is 1.94 bits per heavy atom. The van der Waals surface area contributed by atoms with Crippen LogP contribution >= 0.6 is 23.2 Å². The van der Waals surface area contributed by atoms with Crippen LogP contribution < -0.4 is 5.32 Å². The zero-order valence-corrected chi connectivity index (χ0v) is 20.2. The SMILES string of the molecule is CCC(OC(=O)/C=C/c1c(C)nn(Cc2c(Cl)cccc2Cl)c1C)C(=O)Nc1cc(C)on1. The molecule has 2 heterocycles. The average Bonchev–Trinajstić information content (AvgIpc) is 3.29. The molecule has 0 spiro atoms. The highest BCUT2D eigenvalue weighted by molar-refractivity contribution is 6.36. The third kappa shape index (κ3) is 6.03. The number of carbonyl (C=O) groups excluding carboxylic acids is 2. The minimum atomic E-state index is -0.966. The largest absolute Gasteiger partial charge is 0.449 e. The molecular formula is C23H24Cl2N4O4. The third-order valence-electron chi connectivity index (χ3n) is 4.99. The van der Waals surface area contributed by atoms with E-state index in [9.17, 15) is 9.59 Å². The van der Waals surface area contributed by atoms with Gasteiger partial charge < -0.3 is 14.6 Å². The number of hydrogen-bond donors (Lipinski definition) is 1. The van der Waals surface area contributed by atoms with E-state index in [1.807, 2.05) is 13.8 Å². The molecule has 0 fully saturated rings. The Morgan fingerprint density at radius 3 is 2.55 bits per heavy atom. The topological polar surface area (TPSA) is 99.2 Å². The molecule has 2 aromatic heterocycles. The summed E-state index contributed by atoms with van der Waals surface area (Å²) in [7, 11) is 0. The summed E-state index contributed by atoms with van der Waals surface area (Å²) in [5, 5.41) is 11.9. The van der Waals surface area contributed by atoms with Crippen LogP contribution in [0.2, 0.25) is 10.0 Å². The van der Waals surface area contributed by atoms with Gasteiger partial charge in [-0.25, -0.2) is 4.79 Å². The quantitative estimate of drug-likeness (QED) is 0.347. The van der Waals surface area contributed by atoms with Crippen LogP contribution in [0, 0.1) is 20.8 Å². The van der Waals surface area contributed by atoms with Gasteiger partial charge in [-0.15, -0.1) is 0 Å². The van der Waals surface area contributed by atoms with Crippen molar-refractivity contribution < 1.29 is 18.8 Å². The zero-order valence-electron chi connectivity index (χ0n) is 18.7. The van der Waals surface area contributed by atoms with Crippen molar-refractivity contribution in [1.29, 1.82) is 0 Å². The number of benzene rings is 1. The van der Waals surface area contributed by atoms with Gasteiger partial charge in [-0.05, 0) is 45.4 Å². The number of halogens is 2. The van der Waals surface area contributed by atoms with Crippen LogP contribution in [0.4, 0.5) is 5.82 Å². The first-order valence-corrected chi connectivity index (χ1v) is 11.0. The van der Waals surface area contributed by atoms with Gasteiger partial charge in [0.1, 0.15) is 5.76 Å². The summed E-state index contributed by atoms with van der Waals surface area (Å²) in [6.07, 6.45) is 2.24. The Morgan fingerprint density at radius 1 is 1.24 bits per heavy atom. The molecule has 0 bridgehead atoms. The molecule has 0 aliphatic rings. The number of anilines is 1. The second-order valence-corrected chi connectivity index (χ2v) is 8.24. The third-order valence-corrected chi connectivity index (χ3v) is 5.70. The van der Waals surface area contributed by atoms with Crippen molar-refractivity contribution in [2.45, 2.75) is 46.8 Å². The van der Waals surface area contributed by atoms with Crippen molar-refractivity contribution in [3.05, 3.63) is 68.7 Å². The van der Waals surface area contributed by atoms with E-state index in [0.717, 1.165) is 22.5 Å². The van der Waals surface area contributed by atoms with Gasteiger partial charge in [-0.1, -0.05) is 41.3 Å². The molecule has 1 atom stereocenters. The van der Waals surface area contributed by atoms with Crippen LogP contribution in [0.1, 0.15) is 41.6 Å². The fraction of sp³-hybridized carbons (Fsp3) is 0.304. The number of rotatable bonds is 8.